The Kier molecular flexibility index (Phi) is 6.18. The molecule has 0 bridgehead atoms. The molecular formula is C13H19NO4. The molecule has 1 rings (SSSR count). The Balaban J connectivity index is 2.56. The van der Waals surface area contributed by atoms with E-state index in [0.717, 1.165) is 11.3 Å². The van der Waals surface area contributed by atoms with E-state index >= 15 is 0 Å². The van der Waals surface area contributed by atoms with Gasteiger partial charge in [-0.05, 0) is 24.1 Å². The fourth-order valence-corrected chi connectivity index (χ4v) is 1.49. The van der Waals surface area contributed by atoms with Gasteiger partial charge in [-0.2, -0.15) is 0 Å². The summed E-state index contributed by atoms with van der Waals surface area (Å²) in [6, 6.07) is 6.82. The van der Waals surface area contributed by atoms with Crippen molar-refractivity contribution < 1.29 is 19.0 Å². The molecule has 0 aliphatic carbocycles. The zero-order valence-electron chi connectivity index (χ0n) is 10.7. The van der Waals surface area contributed by atoms with Gasteiger partial charge in [-0.1, -0.05) is 12.1 Å². The highest BCUT2D eigenvalue weighted by Crippen LogP contribution is 2.14. The Morgan fingerprint density at radius 2 is 2.11 bits per heavy atom. The van der Waals surface area contributed by atoms with Crippen LogP contribution in [0.1, 0.15) is 5.56 Å². The molecule has 100 valence electrons. The number of carbonyl (C=O) groups excluding carboxylic acids is 1. The maximum Gasteiger partial charge on any atom is 0.322 e. The Labute approximate surface area is 107 Å². The van der Waals surface area contributed by atoms with Gasteiger partial charge in [-0.25, -0.2) is 0 Å². The number of nitrogens with two attached hydrogens (primary N) is 1. The molecule has 1 atom stereocenters. The molecule has 0 saturated heterocycles. The van der Waals surface area contributed by atoms with Crippen LogP contribution in [0.5, 0.6) is 5.75 Å². The number of benzene rings is 1. The minimum atomic E-state index is -0.649. The third kappa shape index (κ3) is 4.73. The van der Waals surface area contributed by atoms with Crippen molar-refractivity contribution in [1.29, 1.82) is 0 Å². The molecule has 0 heterocycles. The minimum Gasteiger partial charge on any atom is -0.491 e. The number of carbonyl (C=O) groups is 1. The molecule has 0 saturated carbocycles. The first-order valence-electron chi connectivity index (χ1n) is 5.71. The van der Waals surface area contributed by atoms with E-state index in [9.17, 15) is 4.79 Å². The van der Waals surface area contributed by atoms with Gasteiger partial charge in [0.25, 0.3) is 0 Å². The molecule has 1 aromatic rings. The topological polar surface area (TPSA) is 70.8 Å². The summed E-state index contributed by atoms with van der Waals surface area (Å²) in [5.74, 6) is 0.322. The van der Waals surface area contributed by atoms with Gasteiger partial charge in [0, 0.05) is 7.11 Å². The Hall–Kier alpha value is -1.59. The first kappa shape index (κ1) is 14.5. The summed E-state index contributed by atoms with van der Waals surface area (Å²) in [5, 5.41) is 0. The molecule has 0 fully saturated rings. The van der Waals surface area contributed by atoms with Crippen LogP contribution in [0.2, 0.25) is 0 Å². The fourth-order valence-electron chi connectivity index (χ4n) is 1.49. The normalized spacial score (nSPS) is 11.9. The summed E-state index contributed by atoms with van der Waals surface area (Å²) in [4.78, 5) is 11.2. The molecule has 0 amide bonds. The summed E-state index contributed by atoms with van der Waals surface area (Å²) >= 11 is 0. The van der Waals surface area contributed by atoms with Crippen LogP contribution in [0.4, 0.5) is 0 Å². The predicted octanol–water partition coefficient (Wildman–Crippen LogP) is 0.755. The van der Waals surface area contributed by atoms with E-state index in [-0.39, 0.29) is 0 Å². The van der Waals surface area contributed by atoms with E-state index in [1.54, 1.807) is 7.11 Å². The zero-order valence-corrected chi connectivity index (χ0v) is 10.7. The van der Waals surface area contributed by atoms with Gasteiger partial charge in [0.2, 0.25) is 0 Å². The van der Waals surface area contributed by atoms with E-state index in [4.69, 9.17) is 15.2 Å². The minimum absolute atomic E-state index is 0.416. The second-order valence-electron chi connectivity index (χ2n) is 3.82. The number of ether oxygens (including phenoxy) is 3. The number of methoxy groups -OCH3 is 2. The van der Waals surface area contributed by atoms with Crippen molar-refractivity contribution in [2.75, 3.05) is 27.4 Å². The predicted molar refractivity (Wildman–Crippen MR) is 67.5 cm³/mol. The summed E-state index contributed by atoms with van der Waals surface area (Å²) in [6.07, 6.45) is 0.425. The van der Waals surface area contributed by atoms with Crippen LogP contribution in [-0.2, 0) is 20.7 Å². The van der Waals surface area contributed by atoms with Crippen LogP contribution in [0.15, 0.2) is 24.3 Å². The smallest absolute Gasteiger partial charge is 0.322 e. The standard InChI is InChI=1S/C13H19NO4/c1-16-6-7-18-11-5-3-4-10(8-11)9-12(14)13(15)17-2/h3-5,8,12H,6-7,9,14H2,1-2H3/t12-/m0/s1. The molecule has 5 heteroatoms. The van der Waals surface area contributed by atoms with Crippen LogP contribution in [-0.4, -0.2) is 39.4 Å². The number of hydrogen-bond acceptors (Lipinski definition) is 5. The van der Waals surface area contributed by atoms with Crippen molar-refractivity contribution in [3.63, 3.8) is 0 Å². The van der Waals surface area contributed by atoms with Gasteiger partial charge in [0.15, 0.2) is 0 Å². The highest BCUT2D eigenvalue weighted by Gasteiger charge is 2.14. The molecule has 2 N–H and O–H groups in total. The van der Waals surface area contributed by atoms with Gasteiger partial charge >= 0.3 is 5.97 Å². The largest absolute Gasteiger partial charge is 0.491 e. The molecule has 0 aliphatic rings. The Morgan fingerprint density at radius 1 is 1.33 bits per heavy atom. The molecule has 5 nitrogen and oxygen atoms in total. The van der Waals surface area contributed by atoms with E-state index in [0.29, 0.717) is 19.6 Å². The lowest BCUT2D eigenvalue weighted by Crippen LogP contribution is -2.33. The van der Waals surface area contributed by atoms with E-state index in [1.165, 1.54) is 7.11 Å². The monoisotopic (exact) mass is 253 g/mol. The van der Waals surface area contributed by atoms with Gasteiger partial charge < -0.3 is 19.9 Å². The Bertz CT molecular complexity index is 381. The van der Waals surface area contributed by atoms with Crippen LogP contribution in [0.25, 0.3) is 0 Å². The van der Waals surface area contributed by atoms with Crippen molar-refractivity contribution in [3.8, 4) is 5.75 Å². The molecule has 18 heavy (non-hydrogen) atoms. The van der Waals surface area contributed by atoms with Crippen LogP contribution in [0.3, 0.4) is 0 Å². The van der Waals surface area contributed by atoms with E-state index < -0.39 is 12.0 Å². The molecule has 0 unspecified atom stereocenters. The van der Waals surface area contributed by atoms with Gasteiger partial charge in [-0.3, -0.25) is 4.79 Å². The number of esters is 1. The molecular weight excluding hydrogens is 234 g/mol. The van der Waals surface area contributed by atoms with Gasteiger partial charge in [-0.15, -0.1) is 0 Å². The van der Waals surface area contributed by atoms with Gasteiger partial charge in [0.1, 0.15) is 18.4 Å². The second kappa shape index (κ2) is 7.68. The maximum atomic E-state index is 11.2. The lowest BCUT2D eigenvalue weighted by atomic mass is 10.1. The first-order chi connectivity index (χ1) is 8.67. The highest BCUT2D eigenvalue weighted by atomic mass is 16.5. The maximum absolute atomic E-state index is 11.2. The Morgan fingerprint density at radius 3 is 2.78 bits per heavy atom. The van der Waals surface area contributed by atoms with Crippen LogP contribution >= 0.6 is 0 Å². The van der Waals surface area contributed by atoms with Gasteiger partial charge in [0.05, 0.1) is 13.7 Å². The van der Waals surface area contributed by atoms with Crippen LogP contribution in [0, 0.1) is 0 Å². The summed E-state index contributed by atoms with van der Waals surface area (Å²) in [7, 11) is 2.95. The average molecular weight is 253 g/mol. The third-order valence-corrected chi connectivity index (χ3v) is 2.41. The van der Waals surface area contributed by atoms with Crippen molar-refractivity contribution in [2.45, 2.75) is 12.5 Å². The molecule has 1 aromatic carbocycles. The molecule has 0 aliphatic heterocycles. The van der Waals surface area contributed by atoms with E-state index in [2.05, 4.69) is 4.74 Å². The van der Waals surface area contributed by atoms with Crippen molar-refractivity contribution in [2.24, 2.45) is 5.73 Å². The first-order valence-corrected chi connectivity index (χ1v) is 5.71. The molecule has 0 aromatic heterocycles. The van der Waals surface area contributed by atoms with Crippen molar-refractivity contribution in [3.05, 3.63) is 29.8 Å². The molecule has 0 spiro atoms. The molecule has 0 radical (unpaired) electrons. The van der Waals surface area contributed by atoms with Crippen molar-refractivity contribution >= 4 is 5.97 Å². The lowest BCUT2D eigenvalue weighted by molar-refractivity contribution is -0.142. The number of rotatable bonds is 7. The lowest BCUT2D eigenvalue weighted by Gasteiger charge is -2.11. The fraction of sp³-hybridized carbons (Fsp3) is 0.462. The second-order valence-corrected chi connectivity index (χ2v) is 3.82. The SMILES string of the molecule is COCCOc1cccc(C[C@H](N)C(=O)OC)c1. The zero-order chi connectivity index (χ0) is 13.4. The van der Waals surface area contributed by atoms with E-state index in [1.807, 2.05) is 24.3 Å². The summed E-state index contributed by atoms with van der Waals surface area (Å²) in [6.45, 7) is 1.02. The quantitative estimate of drug-likeness (QED) is 0.573. The number of hydrogen-bond donors (Lipinski definition) is 1. The highest BCUT2D eigenvalue weighted by molar-refractivity contribution is 5.75. The van der Waals surface area contributed by atoms with Crippen molar-refractivity contribution in [1.82, 2.24) is 0 Å². The van der Waals surface area contributed by atoms with Crippen LogP contribution < -0.4 is 10.5 Å². The third-order valence-electron chi connectivity index (χ3n) is 2.41. The summed E-state index contributed by atoms with van der Waals surface area (Å²) < 4.78 is 15.0. The summed E-state index contributed by atoms with van der Waals surface area (Å²) in [5.41, 5.74) is 6.63. The average Bonchev–Trinajstić information content (AvgIpc) is 2.38.